The third-order valence-corrected chi connectivity index (χ3v) is 8.94. The Labute approximate surface area is 170 Å². The maximum Gasteiger partial charge on any atom is 0.0101 e. The van der Waals surface area contributed by atoms with Crippen LogP contribution in [0, 0.1) is 11.8 Å². The van der Waals surface area contributed by atoms with Gasteiger partial charge in [0, 0.05) is 18.1 Å². The molecule has 27 heavy (non-hydrogen) atoms. The van der Waals surface area contributed by atoms with E-state index < -0.39 is 0 Å². The Morgan fingerprint density at radius 1 is 0.370 bits per heavy atom. The molecule has 0 aromatic carbocycles. The first-order valence-electron chi connectivity index (χ1n) is 13.2. The maximum absolute atomic E-state index is 3.15. The van der Waals surface area contributed by atoms with Crippen LogP contribution in [-0.4, -0.2) is 23.0 Å². The van der Waals surface area contributed by atoms with E-state index in [0.717, 1.165) is 30.0 Å². The summed E-state index contributed by atoms with van der Waals surface area (Å²) in [5.74, 6) is 2.17. The van der Waals surface area contributed by atoms with Gasteiger partial charge in [-0.25, -0.2) is 0 Å². The molecule has 0 aromatic heterocycles. The minimum absolute atomic E-state index is 0.946. The Hall–Kier alpha value is -0.0400. The van der Waals surface area contributed by atoms with Crippen LogP contribution >= 0.6 is 0 Å². The summed E-state index contributed by atoms with van der Waals surface area (Å²) < 4.78 is 0. The van der Waals surface area contributed by atoms with Gasteiger partial charge in [0.1, 0.15) is 0 Å². The molecule has 1 nitrogen and oxygen atoms in total. The molecule has 156 valence electrons. The summed E-state index contributed by atoms with van der Waals surface area (Å²) in [6, 6.07) is 2.85. The van der Waals surface area contributed by atoms with Crippen molar-refractivity contribution in [2.24, 2.45) is 11.8 Å². The van der Waals surface area contributed by atoms with Gasteiger partial charge in [0.05, 0.1) is 0 Å². The lowest BCUT2D eigenvalue weighted by Crippen LogP contribution is -2.52. The SMILES string of the molecule is C1CCC(CCC2CCC(N(C3CCCCC3)C3CCCCC3)CC2)CC1. The van der Waals surface area contributed by atoms with Crippen molar-refractivity contribution in [1.29, 1.82) is 0 Å². The lowest BCUT2D eigenvalue weighted by molar-refractivity contribution is 0.0145. The second kappa shape index (κ2) is 10.7. The molecular weight excluding hydrogens is 326 g/mol. The van der Waals surface area contributed by atoms with Gasteiger partial charge in [-0.15, -0.1) is 0 Å². The van der Waals surface area contributed by atoms with Crippen LogP contribution < -0.4 is 0 Å². The molecule has 0 N–H and O–H groups in total. The van der Waals surface area contributed by atoms with Crippen LogP contribution in [-0.2, 0) is 0 Å². The lowest BCUT2D eigenvalue weighted by Gasteiger charge is -2.48. The summed E-state index contributed by atoms with van der Waals surface area (Å²) in [7, 11) is 0. The summed E-state index contributed by atoms with van der Waals surface area (Å²) in [5, 5.41) is 0. The molecule has 0 aliphatic heterocycles. The molecule has 0 bridgehead atoms. The highest BCUT2D eigenvalue weighted by Crippen LogP contribution is 2.39. The molecule has 4 fully saturated rings. The Balaban J connectivity index is 1.28. The molecular formula is C26H47N. The fourth-order valence-corrected chi connectivity index (χ4v) is 7.33. The highest BCUT2D eigenvalue weighted by atomic mass is 15.2. The molecule has 0 amide bonds. The minimum Gasteiger partial charge on any atom is -0.294 e. The molecule has 0 aromatic rings. The first-order chi connectivity index (χ1) is 13.4. The number of hydrogen-bond donors (Lipinski definition) is 0. The lowest BCUT2D eigenvalue weighted by atomic mass is 9.77. The van der Waals surface area contributed by atoms with Crippen molar-refractivity contribution >= 4 is 0 Å². The smallest absolute Gasteiger partial charge is 0.0101 e. The molecule has 4 rings (SSSR count). The molecule has 0 spiro atoms. The van der Waals surface area contributed by atoms with Crippen LogP contribution in [0.25, 0.3) is 0 Å². The second-order valence-corrected chi connectivity index (χ2v) is 10.8. The number of nitrogens with zero attached hydrogens (tertiary/aromatic N) is 1. The van der Waals surface area contributed by atoms with Gasteiger partial charge in [0.2, 0.25) is 0 Å². The van der Waals surface area contributed by atoms with Gasteiger partial charge in [-0.3, -0.25) is 4.90 Å². The van der Waals surface area contributed by atoms with E-state index in [4.69, 9.17) is 0 Å². The summed E-state index contributed by atoms with van der Waals surface area (Å²) in [6.07, 6.45) is 32.0. The average Bonchev–Trinajstić information content (AvgIpc) is 2.76. The van der Waals surface area contributed by atoms with Crippen LogP contribution in [0.2, 0.25) is 0 Å². The zero-order valence-corrected chi connectivity index (χ0v) is 18.2. The van der Waals surface area contributed by atoms with E-state index in [-0.39, 0.29) is 0 Å². The van der Waals surface area contributed by atoms with Crippen molar-refractivity contribution in [3.63, 3.8) is 0 Å². The molecule has 0 saturated heterocycles. The van der Waals surface area contributed by atoms with E-state index in [9.17, 15) is 0 Å². The normalized spacial score (nSPS) is 32.8. The maximum atomic E-state index is 3.15. The third kappa shape index (κ3) is 5.74. The third-order valence-electron chi connectivity index (χ3n) is 8.94. The fraction of sp³-hybridized carbons (Fsp3) is 1.00. The topological polar surface area (TPSA) is 3.24 Å². The quantitative estimate of drug-likeness (QED) is 0.458. The summed E-state index contributed by atoms with van der Waals surface area (Å²) >= 11 is 0. The minimum atomic E-state index is 0.946. The zero-order chi connectivity index (χ0) is 18.3. The van der Waals surface area contributed by atoms with Crippen molar-refractivity contribution in [3.8, 4) is 0 Å². The summed E-state index contributed by atoms with van der Waals surface area (Å²) in [6.45, 7) is 0. The summed E-state index contributed by atoms with van der Waals surface area (Å²) in [5.41, 5.74) is 0. The predicted octanol–water partition coefficient (Wildman–Crippen LogP) is 7.87. The van der Waals surface area contributed by atoms with Crippen LogP contribution in [0.3, 0.4) is 0 Å². The molecule has 1 heteroatoms. The molecule has 0 unspecified atom stereocenters. The molecule has 0 heterocycles. The van der Waals surface area contributed by atoms with E-state index in [0.29, 0.717) is 0 Å². The van der Waals surface area contributed by atoms with Gasteiger partial charge < -0.3 is 0 Å². The van der Waals surface area contributed by atoms with E-state index in [1.807, 2.05) is 0 Å². The Bertz CT molecular complexity index is 374. The number of hydrogen-bond acceptors (Lipinski definition) is 1. The highest BCUT2D eigenvalue weighted by molar-refractivity contribution is 4.91. The van der Waals surface area contributed by atoms with Gasteiger partial charge in [0.15, 0.2) is 0 Å². The number of rotatable bonds is 6. The van der Waals surface area contributed by atoms with E-state index >= 15 is 0 Å². The van der Waals surface area contributed by atoms with Crippen LogP contribution in [0.15, 0.2) is 0 Å². The van der Waals surface area contributed by atoms with E-state index in [1.54, 1.807) is 38.5 Å². The van der Waals surface area contributed by atoms with Crippen molar-refractivity contribution in [1.82, 2.24) is 4.90 Å². The van der Waals surface area contributed by atoms with Crippen molar-refractivity contribution in [2.45, 2.75) is 153 Å². The van der Waals surface area contributed by atoms with Gasteiger partial charge in [0.25, 0.3) is 0 Å². The molecule has 0 radical (unpaired) electrons. The average molecular weight is 374 g/mol. The van der Waals surface area contributed by atoms with Crippen LogP contribution in [0.5, 0.6) is 0 Å². The zero-order valence-electron chi connectivity index (χ0n) is 18.2. The first-order valence-corrected chi connectivity index (χ1v) is 13.2. The monoisotopic (exact) mass is 373 g/mol. The predicted molar refractivity (Wildman–Crippen MR) is 117 cm³/mol. The van der Waals surface area contributed by atoms with Gasteiger partial charge in [-0.05, 0) is 63.2 Å². The van der Waals surface area contributed by atoms with Gasteiger partial charge >= 0.3 is 0 Å². The molecule has 0 atom stereocenters. The molecule has 4 aliphatic carbocycles. The second-order valence-electron chi connectivity index (χ2n) is 10.8. The van der Waals surface area contributed by atoms with Crippen LogP contribution in [0.4, 0.5) is 0 Å². The van der Waals surface area contributed by atoms with E-state index in [1.165, 1.54) is 96.3 Å². The van der Waals surface area contributed by atoms with E-state index in [2.05, 4.69) is 4.90 Å². The highest BCUT2D eigenvalue weighted by Gasteiger charge is 2.35. The fourth-order valence-electron chi connectivity index (χ4n) is 7.33. The standard InChI is InChI=1S/C26H47N/c1-4-10-22(11-5-1)16-17-23-18-20-26(21-19-23)27(24-12-6-2-7-13-24)25-14-8-3-9-15-25/h22-26H,1-21H2. The first kappa shape index (κ1) is 20.2. The van der Waals surface area contributed by atoms with Crippen molar-refractivity contribution in [2.75, 3.05) is 0 Å². The van der Waals surface area contributed by atoms with Gasteiger partial charge in [-0.1, -0.05) is 83.5 Å². The van der Waals surface area contributed by atoms with Crippen LogP contribution in [0.1, 0.15) is 135 Å². The molecule has 4 saturated carbocycles. The Morgan fingerprint density at radius 3 is 1.22 bits per heavy atom. The van der Waals surface area contributed by atoms with Crippen molar-refractivity contribution in [3.05, 3.63) is 0 Å². The largest absolute Gasteiger partial charge is 0.294 e. The Morgan fingerprint density at radius 2 is 0.741 bits per heavy atom. The molecule has 4 aliphatic rings. The van der Waals surface area contributed by atoms with Gasteiger partial charge in [-0.2, -0.15) is 0 Å². The summed E-state index contributed by atoms with van der Waals surface area (Å²) in [4.78, 5) is 3.15. The van der Waals surface area contributed by atoms with Crippen molar-refractivity contribution < 1.29 is 0 Å². The Kier molecular flexibility index (Phi) is 7.99.